The molecule has 6 rings (SSSR count). The molecule has 8 heteroatoms. The largest absolute Gasteiger partial charge is 0.454 e. The monoisotopic (exact) mass is 458 g/mol. The third-order valence-electron chi connectivity index (χ3n) is 5.90. The van der Waals surface area contributed by atoms with Crippen molar-refractivity contribution in [3.63, 3.8) is 0 Å². The molecule has 0 radical (unpaired) electrons. The molecule has 2 aromatic heterocycles. The van der Waals surface area contributed by atoms with E-state index in [4.69, 9.17) is 21.7 Å². The number of ether oxygens (including phenoxy) is 2. The van der Waals surface area contributed by atoms with Gasteiger partial charge in [-0.3, -0.25) is 4.98 Å². The summed E-state index contributed by atoms with van der Waals surface area (Å²) >= 11 is 5.81. The number of fused-ring (bicyclic) bond motifs is 1. The highest BCUT2D eigenvalue weighted by molar-refractivity contribution is 7.80. The van der Waals surface area contributed by atoms with Gasteiger partial charge in [0.05, 0.1) is 11.7 Å². The van der Waals surface area contributed by atoms with Crippen LogP contribution in [-0.2, 0) is 0 Å². The quantitative estimate of drug-likeness (QED) is 0.438. The molecule has 4 aromatic rings. The topological polar surface area (TPSA) is 51.6 Å². The van der Waals surface area contributed by atoms with Crippen molar-refractivity contribution < 1.29 is 13.9 Å². The molecule has 0 spiro atoms. The molecule has 1 fully saturated rings. The predicted molar refractivity (Wildman–Crippen MR) is 126 cm³/mol. The number of anilines is 1. The SMILES string of the molecule is Fc1cccc(-n2cccc2[C@@H]2[C@@H](c3ccccn3)NC(=S)N2c2ccc3c(c2)OCO3)c1. The molecule has 0 aliphatic carbocycles. The van der Waals surface area contributed by atoms with E-state index in [0.29, 0.717) is 16.6 Å². The second-order valence-electron chi connectivity index (χ2n) is 7.82. The van der Waals surface area contributed by atoms with Gasteiger partial charge in [-0.1, -0.05) is 12.1 Å². The summed E-state index contributed by atoms with van der Waals surface area (Å²) in [5, 5.41) is 4.02. The molecule has 0 amide bonds. The summed E-state index contributed by atoms with van der Waals surface area (Å²) in [6, 6.07) is 21.7. The fourth-order valence-corrected chi connectivity index (χ4v) is 4.81. The zero-order chi connectivity index (χ0) is 22.4. The first-order chi connectivity index (χ1) is 16.2. The highest BCUT2D eigenvalue weighted by Crippen LogP contribution is 2.44. The molecule has 2 aliphatic rings. The van der Waals surface area contributed by atoms with Crippen LogP contribution in [0.2, 0.25) is 0 Å². The van der Waals surface area contributed by atoms with Crippen molar-refractivity contribution in [2.75, 3.05) is 11.7 Å². The average Bonchev–Trinajstić information content (AvgIpc) is 3.57. The Balaban J connectivity index is 1.51. The third-order valence-corrected chi connectivity index (χ3v) is 6.22. The number of halogens is 1. The number of nitrogens with zero attached hydrogens (tertiary/aromatic N) is 3. The van der Waals surface area contributed by atoms with Crippen LogP contribution in [0.15, 0.2) is 85.2 Å². The first kappa shape index (κ1) is 19.8. The maximum atomic E-state index is 14.0. The van der Waals surface area contributed by atoms with Crippen LogP contribution >= 0.6 is 12.2 Å². The molecule has 0 saturated carbocycles. The molecule has 164 valence electrons. The first-order valence-corrected chi connectivity index (χ1v) is 10.9. The molecule has 6 nitrogen and oxygen atoms in total. The van der Waals surface area contributed by atoms with Crippen LogP contribution in [0.1, 0.15) is 23.5 Å². The number of pyridine rings is 1. The zero-order valence-electron chi connectivity index (χ0n) is 17.4. The molecule has 0 bridgehead atoms. The summed E-state index contributed by atoms with van der Waals surface area (Å²) < 4.78 is 27.1. The molecule has 2 aromatic carbocycles. The number of nitrogens with one attached hydrogen (secondary N) is 1. The maximum absolute atomic E-state index is 14.0. The van der Waals surface area contributed by atoms with Gasteiger partial charge in [0.1, 0.15) is 11.9 Å². The lowest BCUT2D eigenvalue weighted by Gasteiger charge is -2.29. The molecular formula is C25H19FN4O2S. The van der Waals surface area contributed by atoms with Crippen LogP contribution in [0.5, 0.6) is 11.5 Å². The van der Waals surface area contributed by atoms with Gasteiger partial charge in [-0.2, -0.15) is 0 Å². The highest BCUT2D eigenvalue weighted by atomic mass is 32.1. The van der Waals surface area contributed by atoms with Crippen molar-refractivity contribution >= 4 is 23.0 Å². The van der Waals surface area contributed by atoms with Crippen molar-refractivity contribution in [2.24, 2.45) is 0 Å². The Bertz CT molecular complexity index is 1340. The van der Waals surface area contributed by atoms with Crippen LogP contribution in [0.3, 0.4) is 0 Å². The summed E-state index contributed by atoms with van der Waals surface area (Å²) in [6.07, 6.45) is 3.70. The minimum absolute atomic E-state index is 0.198. The molecular weight excluding hydrogens is 439 g/mol. The summed E-state index contributed by atoms with van der Waals surface area (Å²) in [7, 11) is 0. The van der Waals surface area contributed by atoms with E-state index in [0.717, 1.165) is 22.8 Å². The van der Waals surface area contributed by atoms with E-state index in [1.165, 1.54) is 12.1 Å². The first-order valence-electron chi connectivity index (χ1n) is 10.5. The van der Waals surface area contributed by atoms with Gasteiger partial charge in [-0.15, -0.1) is 0 Å². The van der Waals surface area contributed by atoms with E-state index in [2.05, 4.69) is 15.2 Å². The second kappa shape index (κ2) is 7.90. The Morgan fingerprint density at radius 1 is 0.939 bits per heavy atom. The van der Waals surface area contributed by atoms with Gasteiger partial charge in [0.15, 0.2) is 16.6 Å². The van der Waals surface area contributed by atoms with E-state index < -0.39 is 0 Å². The van der Waals surface area contributed by atoms with Crippen molar-refractivity contribution in [3.8, 4) is 17.2 Å². The van der Waals surface area contributed by atoms with Gasteiger partial charge in [-0.05, 0) is 66.8 Å². The molecule has 1 saturated heterocycles. The predicted octanol–water partition coefficient (Wildman–Crippen LogP) is 4.92. The Labute approximate surface area is 195 Å². The van der Waals surface area contributed by atoms with Crippen LogP contribution in [0.25, 0.3) is 5.69 Å². The highest BCUT2D eigenvalue weighted by Gasteiger charge is 2.42. The zero-order valence-corrected chi connectivity index (χ0v) is 18.2. The van der Waals surface area contributed by atoms with E-state index in [-0.39, 0.29) is 24.7 Å². The number of benzene rings is 2. The fraction of sp³-hybridized carbons (Fsp3) is 0.120. The normalized spacial score (nSPS) is 19.1. The maximum Gasteiger partial charge on any atom is 0.231 e. The van der Waals surface area contributed by atoms with Gasteiger partial charge >= 0.3 is 0 Å². The Hall–Kier alpha value is -3.91. The minimum Gasteiger partial charge on any atom is -0.454 e. The lowest BCUT2D eigenvalue weighted by atomic mass is 10.0. The summed E-state index contributed by atoms with van der Waals surface area (Å²) in [4.78, 5) is 6.65. The van der Waals surface area contributed by atoms with E-state index in [9.17, 15) is 4.39 Å². The molecule has 2 aliphatic heterocycles. The van der Waals surface area contributed by atoms with Crippen molar-refractivity contribution in [3.05, 3.63) is 102 Å². The summed E-state index contributed by atoms with van der Waals surface area (Å²) in [6.45, 7) is 0.198. The van der Waals surface area contributed by atoms with Gasteiger partial charge in [-0.25, -0.2) is 4.39 Å². The second-order valence-corrected chi connectivity index (χ2v) is 8.20. The van der Waals surface area contributed by atoms with Crippen LogP contribution in [0.4, 0.5) is 10.1 Å². The number of thiocarbonyl (C=S) groups is 1. The lowest BCUT2D eigenvalue weighted by molar-refractivity contribution is 0.174. The van der Waals surface area contributed by atoms with Crippen LogP contribution in [0, 0.1) is 5.82 Å². The number of aromatic nitrogens is 2. The van der Waals surface area contributed by atoms with Gasteiger partial charge in [0, 0.05) is 35.5 Å². The summed E-state index contributed by atoms with van der Waals surface area (Å²) in [5.41, 5.74) is 3.41. The fourth-order valence-electron chi connectivity index (χ4n) is 4.46. The van der Waals surface area contributed by atoms with Crippen LogP contribution < -0.4 is 19.7 Å². The Morgan fingerprint density at radius 3 is 2.70 bits per heavy atom. The van der Waals surface area contributed by atoms with Crippen molar-refractivity contribution in [1.82, 2.24) is 14.9 Å². The standard InChI is InChI=1S/C25H19FN4O2S/c26-16-5-3-6-17(13-16)29-12-4-8-20(29)24-23(19-7-1-2-11-27-19)28-25(33)30(24)18-9-10-21-22(14-18)32-15-31-21/h1-14,23-24H,15H2,(H,28,33)/t23-,24-/m1/s1. The molecule has 4 heterocycles. The molecule has 1 N–H and O–H groups in total. The number of hydrogen-bond acceptors (Lipinski definition) is 4. The average molecular weight is 459 g/mol. The third kappa shape index (κ3) is 3.39. The molecule has 33 heavy (non-hydrogen) atoms. The van der Waals surface area contributed by atoms with E-state index >= 15 is 0 Å². The van der Waals surface area contributed by atoms with Crippen LogP contribution in [-0.4, -0.2) is 21.5 Å². The number of hydrogen-bond donors (Lipinski definition) is 1. The minimum atomic E-state index is -0.291. The Kier molecular flexibility index (Phi) is 4.73. The molecule has 0 unspecified atom stereocenters. The van der Waals surface area contributed by atoms with Gasteiger partial charge in [0.25, 0.3) is 0 Å². The Morgan fingerprint density at radius 2 is 1.85 bits per heavy atom. The molecule has 2 atom stereocenters. The van der Waals surface area contributed by atoms with Gasteiger partial charge in [0.2, 0.25) is 6.79 Å². The smallest absolute Gasteiger partial charge is 0.231 e. The van der Waals surface area contributed by atoms with E-state index in [1.54, 1.807) is 12.3 Å². The van der Waals surface area contributed by atoms with Crippen molar-refractivity contribution in [2.45, 2.75) is 12.1 Å². The lowest BCUT2D eigenvalue weighted by Crippen LogP contribution is -2.30. The summed E-state index contributed by atoms with van der Waals surface area (Å²) in [5.74, 6) is 1.09. The van der Waals surface area contributed by atoms with E-state index in [1.807, 2.05) is 65.4 Å². The van der Waals surface area contributed by atoms with Crippen molar-refractivity contribution in [1.29, 1.82) is 0 Å². The number of rotatable bonds is 4. The van der Waals surface area contributed by atoms with Gasteiger partial charge < -0.3 is 24.3 Å².